The van der Waals surface area contributed by atoms with Crippen LogP contribution in [0.1, 0.15) is 63.3 Å². The molecule has 0 spiro atoms. The number of hydrogen-bond donors (Lipinski definition) is 3. The number of aryl methyl sites for hydroxylation is 2. The first kappa shape index (κ1) is 30.4. The number of carbonyl (C=O) groups is 5. The lowest BCUT2D eigenvalue weighted by Crippen LogP contribution is -2.54. The van der Waals surface area contributed by atoms with Crippen molar-refractivity contribution < 1.29 is 33.4 Å². The van der Waals surface area contributed by atoms with E-state index in [1.807, 2.05) is 26.8 Å². The third kappa shape index (κ3) is 9.93. The smallest absolute Gasteiger partial charge is 0.408 e. The minimum Gasteiger partial charge on any atom is -0.468 e. The Morgan fingerprint density at radius 2 is 1.64 bits per heavy atom. The number of primary amides is 1. The van der Waals surface area contributed by atoms with Crippen LogP contribution in [0.4, 0.5) is 4.79 Å². The topological polar surface area (TPSA) is 157 Å². The molecule has 4 amide bonds. The number of carbonyl (C=O) groups excluding carboxylic acids is 5. The van der Waals surface area contributed by atoms with Gasteiger partial charge in [-0.1, -0.05) is 36.2 Å². The Kier molecular flexibility index (Phi) is 11.4. The van der Waals surface area contributed by atoms with Crippen molar-refractivity contribution in [3.8, 4) is 0 Å². The number of hydrogen-bond acceptors (Lipinski definition) is 7. The Labute approximate surface area is 212 Å². The lowest BCUT2D eigenvalue weighted by molar-refractivity contribution is -0.145. The molecule has 2 atom stereocenters. The standard InChI is InChI=1S/C25H38N4O7/c1-8-9-29(23(33)18(13-19(26)30)28-24(34)36-25(4,5)6)21(22(32)27-14-20(31)35-7)17-11-15(2)10-16(3)12-17/h10-12,18,21H,8-9,13-14H2,1-7H3,(H2,26,30)(H,27,32)(H,28,34). The number of rotatable bonds is 11. The first-order valence-corrected chi connectivity index (χ1v) is 11.7. The summed E-state index contributed by atoms with van der Waals surface area (Å²) in [5.74, 6) is -2.80. The number of nitrogens with two attached hydrogens (primary N) is 1. The molecular weight excluding hydrogens is 468 g/mol. The predicted octanol–water partition coefficient (Wildman–Crippen LogP) is 1.64. The zero-order valence-electron chi connectivity index (χ0n) is 22.1. The van der Waals surface area contributed by atoms with Crippen LogP contribution in [0, 0.1) is 13.8 Å². The van der Waals surface area contributed by atoms with Crippen molar-refractivity contribution in [2.45, 2.75) is 72.1 Å². The van der Waals surface area contributed by atoms with Gasteiger partial charge in [0.25, 0.3) is 0 Å². The van der Waals surface area contributed by atoms with E-state index in [9.17, 15) is 24.0 Å². The first-order chi connectivity index (χ1) is 16.7. The Balaban J connectivity index is 3.49. The largest absolute Gasteiger partial charge is 0.468 e. The molecule has 0 saturated carbocycles. The molecule has 1 aromatic rings. The van der Waals surface area contributed by atoms with Crippen molar-refractivity contribution in [3.63, 3.8) is 0 Å². The third-order valence-electron chi connectivity index (χ3n) is 4.90. The molecule has 0 saturated heterocycles. The summed E-state index contributed by atoms with van der Waals surface area (Å²) < 4.78 is 9.84. The van der Waals surface area contributed by atoms with Crippen LogP contribution in [-0.2, 0) is 28.7 Å². The fraction of sp³-hybridized carbons (Fsp3) is 0.560. The van der Waals surface area contributed by atoms with E-state index in [1.54, 1.807) is 32.9 Å². The van der Waals surface area contributed by atoms with Gasteiger partial charge in [-0.2, -0.15) is 0 Å². The molecule has 4 N–H and O–H groups in total. The van der Waals surface area contributed by atoms with Crippen molar-refractivity contribution in [3.05, 3.63) is 34.9 Å². The van der Waals surface area contributed by atoms with E-state index in [-0.39, 0.29) is 6.54 Å². The van der Waals surface area contributed by atoms with E-state index in [0.717, 1.165) is 11.1 Å². The van der Waals surface area contributed by atoms with Gasteiger partial charge in [-0.05, 0) is 46.6 Å². The number of benzene rings is 1. The molecule has 11 nitrogen and oxygen atoms in total. The molecular formula is C25H38N4O7. The zero-order valence-corrected chi connectivity index (χ0v) is 22.1. The Morgan fingerprint density at radius 3 is 2.11 bits per heavy atom. The molecule has 0 aromatic heterocycles. The van der Waals surface area contributed by atoms with Crippen molar-refractivity contribution >= 4 is 29.8 Å². The number of ether oxygens (including phenoxy) is 2. The SMILES string of the molecule is CCCN(C(=O)C(CC(N)=O)NC(=O)OC(C)(C)C)C(C(=O)NCC(=O)OC)c1cc(C)cc(C)c1. The molecule has 36 heavy (non-hydrogen) atoms. The van der Waals surface area contributed by atoms with E-state index >= 15 is 0 Å². The zero-order chi connectivity index (χ0) is 27.6. The summed E-state index contributed by atoms with van der Waals surface area (Å²) in [5.41, 5.74) is 6.74. The number of amides is 4. The van der Waals surface area contributed by atoms with Gasteiger partial charge in [0.2, 0.25) is 17.7 Å². The highest BCUT2D eigenvalue weighted by Gasteiger charge is 2.37. The van der Waals surface area contributed by atoms with Crippen molar-refractivity contribution in [1.82, 2.24) is 15.5 Å². The summed E-state index contributed by atoms with van der Waals surface area (Å²) in [7, 11) is 1.19. The first-order valence-electron chi connectivity index (χ1n) is 11.7. The highest BCUT2D eigenvalue weighted by molar-refractivity contribution is 5.95. The lowest BCUT2D eigenvalue weighted by atomic mass is 9.98. The monoisotopic (exact) mass is 506 g/mol. The van der Waals surface area contributed by atoms with Gasteiger partial charge in [0.05, 0.1) is 13.5 Å². The van der Waals surface area contributed by atoms with E-state index < -0.39 is 60.4 Å². The molecule has 0 heterocycles. The molecule has 2 unspecified atom stereocenters. The van der Waals surface area contributed by atoms with Gasteiger partial charge in [0.15, 0.2) is 0 Å². The van der Waals surface area contributed by atoms with Gasteiger partial charge in [0.1, 0.15) is 24.2 Å². The third-order valence-corrected chi connectivity index (χ3v) is 4.90. The number of nitrogens with zero attached hydrogens (tertiary/aromatic N) is 1. The van der Waals surface area contributed by atoms with Gasteiger partial charge in [-0.15, -0.1) is 0 Å². The van der Waals surface area contributed by atoms with Crippen molar-refractivity contribution in [2.24, 2.45) is 5.73 Å². The fourth-order valence-electron chi connectivity index (χ4n) is 3.63. The van der Waals surface area contributed by atoms with Crippen LogP contribution >= 0.6 is 0 Å². The molecule has 0 fully saturated rings. The second-order valence-electron chi connectivity index (χ2n) is 9.52. The fourth-order valence-corrected chi connectivity index (χ4v) is 3.63. The minimum atomic E-state index is -1.37. The molecule has 1 rings (SSSR count). The van der Waals surface area contributed by atoms with Crippen molar-refractivity contribution in [1.29, 1.82) is 0 Å². The number of esters is 1. The maximum atomic E-state index is 13.7. The molecule has 0 aliphatic carbocycles. The second-order valence-corrected chi connectivity index (χ2v) is 9.52. The average molecular weight is 507 g/mol. The summed E-state index contributed by atoms with van der Waals surface area (Å²) in [4.78, 5) is 64.2. The molecule has 11 heteroatoms. The molecule has 200 valence electrons. The maximum Gasteiger partial charge on any atom is 0.408 e. The lowest BCUT2D eigenvalue weighted by Gasteiger charge is -2.34. The number of alkyl carbamates (subject to hydrolysis) is 1. The van der Waals surface area contributed by atoms with E-state index in [1.165, 1.54) is 12.0 Å². The molecule has 0 aliphatic rings. The summed E-state index contributed by atoms with van der Waals surface area (Å²) >= 11 is 0. The highest BCUT2D eigenvalue weighted by atomic mass is 16.6. The quantitative estimate of drug-likeness (QED) is 0.385. The number of methoxy groups -OCH3 is 1. The summed E-state index contributed by atoms with van der Waals surface area (Å²) in [6, 6.07) is 2.91. The van der Waals surface area contributed by atoms with Crippen LogP contribution in [0.15, 0.2) is 18.2 Å². The van der Waals surface area contributed by atoms with Crippen LogP contribution in [0.25, 0.3) is 0 Å². The molecule has 1 aromatic carbocycles. The summed E-state index contributed by atoms with van der Waals surface area (Å²) in [6.07, 6.45) is -0.939. The highest BCUT2D eigenvalue weighted by Crippen LogP contribution is 2.25. The number of nitrogens with one attached hydrogen (secondary N) is 2. The molecule has 0 aliphatic heterocycles. The predicted molar refractivity (Wildman–Crippen MR) is 133 cm³/mol. The maximum absolute atomic E-state index is 13.7. The van der Waals surface area contributed by atoms with Crippen LogP contribution < -0.4 is 16.4 Å². The average Bonchev–Trinajstić information content (AvgIpc) is 2.73. The minimum absolute atomic E-state index is 0.118. The van der Waals surface area contributed by atoms with Gasteiger partial charge in [0, 0.05) is 6.54 Å². The Morgan fingerprint density at radius 1 is 1.06 bits per heavy atom. The normalized spacial score (nSPS) is 12.6. The van der Waals surface area contributed by atoms with Crippen molar-refractivity contribution in [2.75, 3.05) is 20.2 Å². The van der Waals surface area contributed by atoms with Gasteiger partial charge in [-0.25, -0.2) is 4.79 Å². The summed E-state index contributed by atoms with van der Waals surface area (Å²) in [5, 5.41) is 4.92. The van der Waals surface area contributed by atoms with E-state index in [0.29, 0.717) is 12.0 Å². The Bertz CT molecular complexity index is 951. The van der Waals surface area contributed by atoms with E-state index in [4.69, 9.17) is 10.5 Å². The van der Waals surface area contributed by atoms with Crippen LogP contribution in [0.3, 0.4) is 0 Å². The Hall–Kier alpha value is -3.63. The summed E-state index contributed by atoms with van der Waals surface area (Å²) in [6.45, 7) is 10.2. The van der Waals surface area contributed by atoms with Gasteiger partial charge < -0.3 is 30.7 Å². The van der Waals surface area contributed by atoms with Crippen LogP contribution in [0.2, 0.25) is 0 Å². The molecule has 0 radical (unpaired) electrons. The van der Waals surface area contributed by atoms with Crippen LogP contribution in [0.5, 0.6) is 0 Å². The van der Waals surface area contributed by atoms with E-state index in [2.05, 4.69) is 15.4 Å². The van der Waals surface area contributed by atoms with Crippen LogP contribution in [-0.4, -0.2) is 66.5 Å². The second kappa shape index (κ2) is 13.5. The van der Waals surface area contributed by atoms with Gasteiger partial charge in [-0.3, -0.25) is 19.2 Å². The van der Waals surface area contributed by atoms with Gasteiger partial charge >= 0.3 is 12.1 Å². The molecule has 0 bridgehead atoms.